The highest BCUT2D eigenvalue weighted by molar-refractivity contribution is 5.85. The van der Waals surface area contributed by atoms with E-state index in [1.807, 2.05) is 46.2 Å². The van der Waals surface area contributed by atoms with Crippen LogP contribution in [-0.4, -0.2) is 67.2 Å². The summed E-state index contributed by atoms with van der Waals surface area (Å²) >= 11 is 0. The summed E-state index contributed by atoms with van der Waals surface area (Å²) in [5.74, 6) is -0.691. The lowest BCUT2D eigenvalue weighted by molar-refractivity contribution is -0.136. The summed E-state index contributed by atoms with van der Waals surface area (Å²) in [4.78, 5) is 29.9. The Morgan fingerprint density at radius 1 is 1.06 bits per heavy atom. The Hall–Kier alpha value is -2.93. The number of ether oxygens (including phenoxy) is 1. The zero-order chi connectivity index (χ0) is 22.3. The molecule has 2 unspecified atom stereocenters. The molecule has 32 heavy (non-hydrogen) atoms. The van der Waals surface area contributed by atoms with Crippen molar-refractivity contribution in [1.29, 1.82) is 0 Å². The molecule has 2 aromatic rings. The predicted octanol–water partition coefficient (Wildman–Crippen LogP) is 3.18. The van der Waals surface area contributed by atoms with Crippen LogP contribution in [0.5, 0.6) is 0 Å². The average Bonchev–Trinajstić information content (AvgIpc) is 3.28. The van der Waals surface area contributed by atoms with Crippen molar-refractivity contribution < 1.29 is 18.7 Å². The van der Waals surface area contributed by atoms with E-state index in [9.17, 15) is 14.0 Å². The van der Waals surface area contributed by atoms with Crippen LogP contribution in [0.25, 0.3) is 0 Å². The van der Waals surface area contributed by atoms with Crippen molar-refractivity contribution in [1.82, 2.24) is 15.1 Å². The summed E-state index contributed by atoms with van der Waals surface area (Å²) < 4.78 is 18.9. The number of carbonyl (C=O) groups excluding carboxylic acids is 2. The first-order valence-corrected chi connectivity index (χ1v) is 11.3. The lowest BCUT2D eigenvalue weighted by Gasteiger charge is -2.31. The van der Waals surface area contributed by atoms with E-state index in [0.29, 0.717) is 39.3 Å². The molecule has 2 aliphatic heterocycles. The summed E-state index contributed by atoms with van der Waals surface area (Å²) in [6.45, 7) is 3.11. The molecule has 0 radical (unpaired) electrons. The monoisotopic (exact) mass is 439 g/mol. The molecule has 3 amide bonds. The SMILES string of the molecule is O=C(C(CNC(=O)N1CCCC1Cc1cccc(F)c1)c1ccccc1)N1CCOCC1. The van der Waals surface area contributed by atoms with Gasteiger partial charge in [0.1, 0.15) is 5.82 Å². The Kier molecular flexibility index (Phi) is 7.37. The first-order chi connectivity index (χ1) is 15.6. The molecule has 0 aliphatic carbocycles. The largest absolute Gasteiger partial charge is 0.378 e. The smallest absolute Gasteiger partial charge is 0.317 e. The molecule has 0 bridgehead atoms. The highest BCUT2D eigenvalue weighted by Crippen LogP contribution is 2.23. The van der Waals surface area contributed by atoms with E-state index in [-0.39, 0.29) is 30.3 Å². The van der Waals surface area contributed by atoms with Crippen LogP contribution in [0.3, 0.4) is 0 Å². The molecule has 2 heterocycles. The highest BCUT2D eigenvalue weighted by Gasteiger charge is 2.31. The number of hydrogen-bond acceptors (Lipinski definition) is 3. The number of benzene rings is 2. The molecule has 4 rings (SSSR count). The first-order valence-electron chi connectivity index (χ1n) is 11.3. The maximum absolute atomic E-state index is 13.6. The summed E-state index contributed by atoms with van der Waals surface area (Å²) in [5.41, 5.74) is 1.78. The van der Waals surface area contributed by atoms with Gasteiger partial charge >= 0.3 is 6.03 Å². The zero-order valence-corrected chi connectivity index (χ0v) is 18.2. The molecule has 0 spiro atoms. The number of halogens is 1. The van der Waals surface area contributed by atoms with Crippen LogP contribution in [0.4, 0.5) is 9.18 Å². The van der Waals surface area contributed by atoms with Crippen LogP contribution < -0.4 is 5.32 Å². The predicted molar refractivity (Wildman–Crippen MR) is 120 cm³/mol. The third-order valence-corrected chi connectivity index (χ3v) is 6.28. The van der Waals surface area contributed by atoms with E-state index < -0.39 is 5.92 Å². The highest BCUT2D eigenvalue weighted by atomic mass is 19.1. The second-order valence-corrected chi connectivity index (χ2v) is 8.41. The minimum absolute atomic E-state index is 0.0116. The Morgan fingerprint density at radius 2 is 1.84 bits per heavy atom. The third kappa shape index (κ3) is 5.46. The van der Waals surface area contributed by atoms with Crippen LogP contribution >= 0.6 is 0 Å². The van der Waals surface area contributed by atoms with Crippen molar-refractivity contribution in [2.24, 2.45) is 0 Å². The fourth-order valence-corrected chi connectivity index (χ4v) is 4.58. The number of nitrogens with one attached hydrogen (secondary N) is 1. The van der Waals surface area contributed by atoms with Gasteiger partial charge < -0.3 is 19.9 Å². The van der Waals surface area contributed by atoms with Gasteiger partial charge in [-0.1, -0.05) is 42.5 Å². The van der Waals surface area contributed by atoms with Gasteiger partial charge in [0.05, 0.1) is 19.1 Å². The van der Waals surface area contributed by atoms with Crippen LogP contribution in [0.15, 0.2) is 54.6 Å². The van der Waals surface area contributed by atoms with Crippen molar-refractivity contribution in [2.45, 2.75) is 31.2 Å². The zero-order valence-electron chi connectivity index (χ0n) is 18.2. The number of carbonyl (C=O) groups is 2. The van der Waals surface area contributed by atoms with E-state index in [0.717, 1.165) is 24.0 Å². The molecule has 2 fully saturated rings. The van der Waals surface area contributed by atoms with E-state index >= 15 is 0 Å². The Labute approximate surface area is 188 Å². The van der Waals surface area contributed by atoms with E-state index in [1.165, 1.54) is 12.1 Å². The minimum Gasteiger partial charge on any atom is -0.378 e. The molecule has 170 valence electrons. The molecule has 1 N–H and O–H groups in total. The van der Waals surface area contributed by atoms with E-state index in [1.54, 1.807) is 6.07 Å². The molecule has 6 nitrogen and oxygen atoms in total. The minimum atomic E-state index is -0.442. The first kappa shape index (κ1) is 22.3. The third-order valence-electron chi connectivity index (χ3n) is 6.28. The van der Waals surface area contributed by atoms with Gasteiger partial charge in [0.2, 0.25) is 5.91 Å². The van der Waals surface area contributed by atoms with Crippen molar-refractivity contribution >= 4 is 11.9 Å². The summed E-state index contributed by atoms with van der Waals surface area (Å²) in [6.07, 6.45) is 2.43. The molecule has 7 heteroatoms. The fraction of sp³-hybridized carbons (Fsp3) is 0.440. The second-order valence-electron chi connectivity index (χ2n) is 8.41. The van der Waals surface area contributed by atoms with E-state index in [2.05, 4.69) is 5.32 Å². The lowest BCUT2D eigenvalue weighted by Crippen LogP contribution is -2.48. The van der Waals surface area contributed by atoms with Crippen molar-refractivity contribution in [3.63, 3.8) is 0 Å². The lowest BCUT2D eigenvalue weighted by atomic mass is 9.97. The van der Waals surface area contributed by atoms with Gasteiger partial charge in [-0.3, -0.25) is 4.79 Å². The van der Waals surface area contributed by atoms with Crippen LogP contribution in [0, 0.1) is 5.82 Å². The maximum Gasteiger partial charge on any atom is 0.317 e. The van der Waals surface area contributed by atoms with Gasteiger partial charge in [0, 0.05) is 32.2 Å². The fourth-order valence-electron chi connectivity index (χ4n) is 4.58. The van der Waals surface area contributed by atoms with Crippen LogP contribution in [0.2, 0.25) is 0 Å². The van der Waals surface area contributed by atoms with Crippen LogP contribution in [-0.2, 0) is 16.0 Å². The van der Waals surface area contributed by atoms with Crippen LogP contribution in [0.1, 0.15) is 29.9 Å². The average molecular weight is 440 g/mol. The molecule has 2 atom stereocenters. The number of rotatable bonds is 6. The van der Waals surface area contributed by atoms with Gasteiger partial charge in [-0.25, -0.2) is 9.18 Å². The Bertz CT molecular complexity index is 918. The molecule has 0 saturated carbocycles. The van der Waals surface area contributed by atoms with Crippen molar-refractivity contribution in [2.75, 3.05) is 39.4 Å². The number of urea groups is 1. The van der Waals surface area contributed by atoms with Gasteiger partial charge in [0.15, 0.2) is 0 Å². The normalized spacial score (nSPS) is 19.6. The Balaban J connectivity index is 1.41. The standard InChI is InChI=1S/C25H30FN3O3/c26-21-9-4-6-19(16-21)17-22-10-5-11-29(22)25(31)27-18-23(20-7-2-1-3-8-20)24(30)28-12-14-32-15-13-28/h1-4,6-9,16,22-23H,5,10-15,17-18H2,(H,27,31). The Morgan fingerprint density at radius 3 is 2.59 bits per heavy atom. The second kappa shape index (κ2) is 10.6. The number of amides is 3. The molecular weight excluding hydrogens is 409 g/mol. The quantitative estimate of drug-likeness (QED) is 0.752. The number of nitrogens with zero attached hydrogens (tertiary/aromatic N) is 2. The molecule has 2 aliphatic rings. The van der Waals surface area contributed by atoms with Crippen molar-refractivity contribution in [3.05, 3.63) is 71.5 Å². The van der Waals surface area contributed by atoms with Gasteiger partial charge in [-0.15, -0.1) is 0 Å². The number of morpholine rings is 1. The molecule has 0 aromatic heterocycles. The molecule has 2 saturated heterocycles. The molecule has 2 aromatic carbocycles. The summed E-state index contributed by atoms with van der Waals surface area (Å²) in [6, 6.07) is 16.0. The van der Waals surface area contributed by atoms with Gasteiger partial charge in [-0.2, -0.15) is 0 Å². The topological polar surface area (TPSA) is 61.9 Å². The van der Waals surface area contributed by atoms with Crippen molar-refractivity contribution in [3.8, 4) is 0 Å². The summed E-state index contributed by atoms with van der Waals surface area (Å²) in [7, 11) is 0. The van der Waals surface area contributed by atoms with Gasteiger partial charge in [-0.05, 0) is 42.5 Å². The van der Waals surface area contributed by atoms with Gasteiger partial charge in [0.25, 0.3) is 0 Å². The number of likely N-dealkylation sites (tertiary alicyclic amines) is 1. The molecular formula is C25H30FN3O3. The summed E-state index contributed by atoms with van der Waals surface area (Å²) in [5, 5.41) is 3.00. The number of hydrogen-bond donors (Lipinski definition) is 1. The van der Waals surface area contributed by atoms with E-state index in [4.69, 9.17) is 4.74 Å². The maximum atomic E-state index is 13.6.